The summed E-state index contributed by atoms with van der Waals surface area (Å²) in [5.41, 5.74) is -12.1. The number of benzene rings is 3. The Bertz CT molecular complexity index is 2390. The fraction of sp³-hybridized carbons (Fsp3) is 0.0645. The summed E-state index contributed by atoms with van der Waals surface area (Å²) in [6.07, 6.45) is -10.3. The fourth-order valence-electron chi connectivity index (χ4n) is 4.42. The third-order valence-electron chi connectivity index (χ3n) is 6.36. The first-order valence-electron chi connectivity index (χ1n) is 11.8. The van der Waals surface area contributed by atoms with Crippen LogP contribution in [0.2, 0.25) is 0 Å². The molecule has 0 aliphatic carbocycles. The van der Waals surface area contributed by atoms with Gasteiger partial charge in [-0.05, 0) is 30.3 Å². The van der Waals surface area contributed by atoms with Crippen LogP contribution in [0, 0.1) is 102 Å². The van der Waals surface area contributed by atoms with E-state index in [1.807, 2.05) is 0 Å². The maximum Gasteiger partial charge on any atom is 0.417 e. The number of alkyl halides is 6. The highest BCUT2D eigenvalue weighted by molar-refractivity contribution is 5.86. The number of hydrogen-bond acceptors (Lipinski definition) is 9. The minimum atomic E-state index is -5.17. The van der Waals surface area contributed by atoms with Crippen molar-refractivity contribution in [3.05, 3.63) is 102 Å². The summed E-state index contributed by atoms with van der Waals surface area (Å²) in [5, 5.41) is 86.2. The topological polar surface area (TPSA) is 214 Å². The number of nitriles is 9. The molecule has 0 fully saturated rings. The molecule has 216 valence electrons. The van der Waals surface area contributed by atoms with Gasteiger partial charge in [-0.3, -0.25) is 0 Å². The third kappa shape index (κ3) is 5.58. The van der Waals surface area contributed by atoms with Crippen LogP contribution in [0.3, 0.4) is 0 Å². The summed E-state index contributed by atoms with van der Waals surface area (Å²) in [6.45, 7) is 0. The highest BCUT2D eigenvalue weighted by Crippen LogP contribution is 2.36. The summed E-state index contributed by atoms with van der Waals surface area (Å²) in [5.74, 6) is 0. The molecule has 0 amide bonds. The van der Waals surface area contributed by atoms with Crippen LogP contribution in [0.5, 0.6) is 0 Å². The van der Waals surface area contributed by atoms with Crippen LogP contribution in [0.1, 0.15) is 61.2 Å². The molecule has 0 saturated heterocycles. The Morgan fingerprint density at radius 1 is 0.435 bits per heavy atom. The second-order valence-electron chi connectivity index (χ2n) is 8.74. The summed E-state index contributed by atoms with van der Waals surface area (Å²) in [6, 6.07) is 15.6. The van der Waals surface area contributed by atoms with E-state index >= 15 is 0 Å². The molecule has 9 nitrogen and oxygen atoms in total. The van der Waals surface area contributed by atoms with Crippen LogP contribution in [0.25, 0.3) is 11.1 Å². The Balaban J connectivity index is 2.77. The first-order chi connectivity index (χ1) is 21.7. The molecule has 0 aliphatic rings. The molecule has 0 bridgehead atoms. The number of rotatable bonds is 2. The summed E-state index contributed by atoms with van der Waals surface area (Å²) in [4.78, 5) is 0. The first kappa shape index (κ1) is 32.9. The van der Waals surface area contributed by atoms with Gasteiger partial charge in [-0.1, -0.05) is 0 Å². The lowest BCUT2D eigenvalue weighted by Crippen LogP contribution is -2.27. The van der Waals surface area contributed by atoms with Gasteiger partial charge in [-0.25, -0.2) is 0 Å². The summed E-state index contributed by atoms with van der Waals surface area (Å²) >= 11 is 0. The predicted molar refractivity (Wildman–Crippen MR) is 138 cm³/mol. The lowest BCUT2D eigenvalue weighted by atomic mass is 9.87. The minimum absolute atomic E-state index is 0.277. The largest absolute Gasteiger partial charge is 0.417 e. The van der Waals surface area contributed by atoms with Crippen LogP contribution >= 0.6 is 0 Å². The predicted octanol–water partition coefficient (Wildman–Crippen LogP) is 4.27. The van der Waals surface area contributed by atoms with Crippen molar-refractivity contribution >= 4 is 11.1 Å². The van der Waals surface area contributed by atoms with Crippen LogP contribution in [0.15, 0.2) is 30.3 Å². The molecule has 0 atom stereocenters. The molecule has 0 heterocycles. The van der Waals surface area contributed by atoms with Gasteiger partial charge in [0, 0.05) is 21.6 Å². The summed E-state index contributed by atoms with van der Waals surface area (Å²) < 4.78 is 82.5. The van der Waals surface area contributed by atoms with Crippen molar-refractivity contribution < 1.29 is 26.3 Å². The van der Waals surface area contributed by atoms with Crippen LogP contribution in [-0.2, 0) is 12.4 Å². The Kier molecular flexibility index (Phi) is 8.81. The van der Waals surface area contributed by atoms with Crippen molar-refractivity contribution in [1.82, 2.24) is 0 Å². The van der Waals surface area contributed by atoms with Crippen molar-refractivity contribution in [1.29, 1.82) is 47.4 Å². The molecule has 3 aromatic carbocycles. The standard InChI is InChI=1S/C31H5F6N9/c32-30(33,34)27-4-20(15(6-38)1-17(27)8-40)23(11-43)22-3-19(10-42)29(26(14-46)24(22)12-44)25(13-45)21-5-28(31(35,36)37)18(9-41)2-16(21)7-39/h1-5H/b23-22-,29-25-. The van der Waals surface area contributed by atoms with Gasteiger partial charge >= 0.3 is 12.4 Å². The Morgan fingerprint density at radius 3 is 1.15 bits per heavy atom. The van der Waals surface area contributed by atoms with Crippen LogP contribution < -0.4 is 10.4 Å². The van der Waals surface area contributed by atoms with Crippen molar-refractivity contribution in [2.45, 2.75) is 12.4 Å². The van der Waals surface area contributed by atoms with Gasteiger partial charge < -0.3 is 0 Å². The number of nitrogens with zero attached hydrogens (tertiary/aromatic N) is 9. The monoisotopic (exact) mass is 617 g/mol. The average molecular weight is 617 g/mol. The number of halogens is 6. The van der Waals surface area contributed by atoms with E-state index in [1.54, 1.807) is 6.07 Å². The maximum atomic E-state index is 13.8. The van der Waals surface area contributed by atoms with E-state index in [2.05, 4.69) is 0 Å². The van der Waals surface area contributed by atoms with E-state index in [-0.39, 0.29) is 6.07 Å². The highest BCUT2D eigenvalue weighted by Gasteiger charge is 2.36. The third-order valence-corrected chi connectivity index (χ3v) is 6.36. The van der Waals surface area contributed by atoms with Crippen molar-refractivity contribution in [2.24, 2.45) is 0 Å². The lowest BCUT2D eigenvalue weighted by molar-refractivity contribution is -0.138. The van der Waals surface area contributed by atoms with Gasteiger partial charge in [0.1, 0.15) is 24.3 Å². The second-order valence-corrected chi connectivity index (χ2v) is 8.74. The Hall–Kier alpha value is -7.61. The lowest BCUT2D eigenvalue weighted by Gasteiger charge is -2.14. The molecule has 15 heteroatoms. The van der Waals surface area contributed by atoms with E-state index in [4.69, 9.17) is 0 Å². The SMILES string of the molecule is N#C/C(c1cc(C(F)(F)F)c(C#N)cc1C#N)=c1\cc(C#N)/c(=C(\C#N)c2cc(C(F)(F)F)c(C#N)cc2C#N)c(C#N)c1C#N. The minimum Gasteiger partial charge on any atom is -0.192 e. The molecule has 0 N–H and O–H groups in total. The number of hydrogen-bond donors (Lipinski definition) is 0. The van der Waals surface area contributed by atoms with Gasteiger partial charge in [0.15, 0.2) is 0 Å². The van der Waals surface area contributed by atoms with Crippen molar-refractivity contribution in [3.63, 3.8) is 0 Å². The quantitative estimate of drug-likeness (QED) is 0.375. The average Bonchev–Trinajstić information content (AvgIpc) is 3.03. The fourth-order valence-corrected chi connectivity index (χ4v) is 4.42. The first-order valence-corrected chi connectivity index (χ1v) is 11.8. The molecule has 0 saturated carbocycles. The molecule has 3 rings (SSSR count). The normalized spacial score (nSPS) is 11.8. The molecule has 46 heavy (non-hydrogen) atoms. The smallest absolute Gasteiger partial charge is 0.192 e. The Morgan fingerprint density at radius 2 is 0.826 bits per heavy atom. The van der Waals surface area contributed by atoms with E-state index < -0.39 is 95.1 Å². The molecule has 3 aromatic rings. The molecular weight excluding hydrogens is 612 g/mol. The van der Waals surface area contributed by atoms with E-state index in [9.17, 15) is 73.7 Å². The molecular formula is C31H5F6N9. The second kappa shape index (κ2) is 12.3. The van der Waals surface area contributed by atoms with E-state index in [1.165, 1.54) is 48.6 Å². The summed E-state index contributed by atoms with van der Waals surface area (Å²) in [7, 11) is 0. The van der Waals surface area contributed by atoms with Crippen LogP contribution in [-0.4, -0.2) is 0 Å². The van der Waals surface area contributed by atoms with Gasteiger partial charge in [0.2, 0.25) is 0 Å². The van der Waals surface area contributed by atoms with Crippen molar-refractivity contribution in [2.75, 3.05) is 0 Å². The van der Waals surface area contributed by atoms with Gasteiger partial charge in [-0.2, -0.15) is 73.7 Å². The highest BCUT2D eigenvalue weighted by atomic mass is 19.4. The van der Waals surface area contributed by atoms with Crippen LogP contribution in [0.4, 0.5) is 26.3 Å². The molecule has 0 spiro atoms. The van der Waals surface area contributed by atoms with Gasteiger partial charge in [-0.15, -0.1) is 0 Å². The van der Waals surface area contributed by atoms with E-state index in [0.29, 0.717) is 24.3 Å². The zero-order valence-corrected chi connectivity index (χ0v) is 22.2. The Labute approximate surface area is 253 Å². The van der Waals surface area contributed by atoms with Gasteiger partial charge in [0.05, 0.1) is 91.6 Å². The molecule has 0 radical (unpaired) electrons. The van der Waals surface area contributed by atoms with Gasteiger partial charge in [0.25, 0.3) is 0 Å². The molecule has 0 aromatic heterocycles. The van der Waals surface area contributed by atoms with Crippen molar-refractivity contribution in [3.8, 4) is 54.6 Å². The zero-order valence-electron chi connectivity index (χ0n) is 22.2. The maximum absolute atomic E-state index is 13.8. The molecule has 0 unspecified atom stereocenters. The van der Waals surface area contributed by atoms with E-state index in [0.717, 1.165) is 0 Å². The zero-order chi connectivity index (χ0) is 34.6. The molecule has 0 aliphatic heterocycles.